The third kappa shape index (κ3) is 2.79. The summed E-state index contributed by atoms with van der Waals surface area (Å²) < 4.78 is 11.8. The first-order valence-corrected chi connectivity index (χ1v) is 7.65. The molecule has 2 N–H and O–H groups in total. The van der Waals surface area contributed by atoms with Crippen molar-refractivity contribution in [1.82, 2.24) is 0 Å². The topological polar surface area (TPSA) is 57.5 Å². The zero-order valence-corrected chi connectivity index (χ0v) is 12.1. The van der Waals surface area contributed by atoms with Gasteiger partial charge in [-0.3, -0.25) is 4.57 Å². The number of benzene rings is 2. The molecule has 2 aromatic rings. The minimum absolute atomic E-state index is 0.132. The van der Waals surface area contributed by atoms with Crippen LogP contribution in [0.25, 0.3) is 11.1 Å². The van der Waals surface area contributed by atoms with Gasteiger partial charge in [0.2, 0.25) is 0 Å². The predicted octanol–water partition coefficient (Wildman–Crippen LogP) is 3.08. The molecule has 0 heterocycles. The predicted molar refractivity (Wildman–Crippen MR) is 77.8 cm³/mol. The van der Waals surface area contributed by atoms with Gasteiger partial charge in [-0.25, -0.2) is 0 Å². The quantitative estimate of drug-likeness (QED) is 0.829. The standard InChI is InChI=1S/C15H17O3P/c1-10-8-12(3)15(19(16,17)18)14(9-10)13-7-5-4-6-11(13)2/h4-9H,1-3H3,(H2,16,17,18). The van der Waals surface area contributed by atoms with E-state index in [1.807, 2.05) is 44.2 Å². The van der Waals surface area contributed by atoms with Gasteiger partial charge in [0.15, 0.2) is 0 Å². The smallest absolute Gasteiger partial charge is 0.321 e. The second-order valence-electron chi connectivity index (χ2n) is 4.84. The zero-order valence-electron chi connectivity index (χ0n) is 11.2. The van der Waals surface area contributed by atoms with E-state index in [1.54, 1.807) is 13.0 Å². The van der Waals surface area contributed by atoms with E-state index in [0.29, 0.717) is 11.1 Å². The second kappa shape index (κ2) is 4.93. The van der Waals surface area contributed by atoms with Crippen LogP contribution in [0, 0.1) is 20.8 Å². The molecular weight excluding hydrogens is 259 g/mol. The minimum Gasteiger partial charge on any atom is -0.321 e. The number of aryl methyl sites for hydroxylation is 3. The SMILES string of the molecule is Cc1cc(C)c(P(=O)(O)O)c(-c2ccccc2C)c1. The molecule has 4 heteroatoms. The fraction of sp³-hybridized carbons (Fsp3) is 0.200. The molecule has 0 aromatic heterocycles. The van der Waals surface area contributed by atoms with E-state index in [2.05, 4.69) is 0 Å². The highest BCUT2D eigenvalue weighted by Gasteiger charge is 2.25. The van der Waals surface area contributed by atoms with E-state index in [1.165, 1.54) is 0 Å². The van der Waals surface area contributed by atoms with Crippen molar-refractivity contribution >= 4 is 12.9 Å². The third-order valence-corrected chi connectivity index (χ3v) is 4.35. The van der Waals surface area contributed by atoms with E-state index < -0.39 is 7.60 Å². The van der Waals surface area contributed by atoms with Crippen LogP contribution in [0.4, 0.5) is 0 Å². The largest absolute Gasteiger partial charge is 0.357 e. The average Bonchev–Trinajstić information content (AvgIpc) is 2.26. The van der Waals surface area contributed by atoms with Crippen molar-refractivity contribution in [2.24, 2.45) is 0 Å². The van der Waals surface area contributed by atoms with Gasteiger partial charge in [-0.1, -0.05) is 42.0 Å². The second-order valence-corrected chi connectivity index (χ2v) is 6.37. The summed E-state index contributed by atoms with van der Waals surface area (Å²) in [5.41, 5.74) is 4.12. The van der Waals surface area contributed by atoms with Crippen LogP contribution in [-0.2, 0) is 4.57 Å². The van der Waals surface area contributed by atoms with Gasteiger partial charge in [0.05, 0.1) is 5.30 Å². The lowest BCUT2D eigenvalue weighted by molar-refractivity contribution is 0.387. The minimum atomic E-state index is -4.30. The Bertz CT molecular complexity index is 671. The summed E-state index contributed by atoms with van der Waals surface area (Å²) in [7, 11) is -4.30. The highest BCUT2D eigenvalue weighted by Crippen LogP contribution is 2.40. The van der Waals surface area contributed by atoms with Crippen molar-refractivity contribution < 1.29 is 14.4 Å². The molecule has 19 heavy (non-hydrogen) atoms. The molecule has 0 bridgehead atoms. The van der Waals surface area contributed by atoms with Crippen LogP contribution >= 0.6 is 7.60 Å². The van der Waals surface area contributed by atoms with E-state index in [0.717, 1.165) is 16.7 Å². The van der Waals surface area contributed by atoms with Crippen molar-refractivity contribution in [2.75, 3.05) is 0 Å². The van der Waals surface area contributed by atoms with E-state index in [4.69, 9.17) is 0 Å². The van der Waals surface area contributed by atoms with Gasteiger partial charge >= 0.3 is 7.60 Å². The Hall–Kier alpha value is -1.41. The molecule has 0 atom stereocenters. The lowest BCUT2D eigenvalue weighted by Crippen LogP contribution is -2.13. The molecule has 2 rings (SSSR count). The Kier molecular flexibility index (Phi) is 3.64. The van der Waals surface area contributed by atoms with Gasteiger partial charge in [-0.15, -0.1) is 0 Å². The molecule has 100 valence electrons. The van der Waals surface area contributed by atoms with Gasteiger partial charge in [-0.2, -0.15) is 0 Å². The van der Waals surface area contributed by atoms with Crippen molar-refractivity contribution in [1.29, 1.82) is 0 Å². The van der Waals surface area contributed by atoms with Crippen LogP contribution in [0.15, 0.2) is 36.4 Å². The Balaban J connectivity index is 2.84. The molecule has 0 aliphatic heterocycles. The van der Waals surface area contributed by atoms with Gasteiger partial charge in [0.25, 0.3) is 0 Å². The Morgan fingerprint density at radius 1 is 0.895 bits per heavy atom. The lowest BCUT2D eigenvalue weighted by Gasteiger charge is -2.16. The van der Waals surface area contributed by atoms with Crippen LogP contribution < -0.4 is 5.30 Å². The summed E-state index contributed by atoms with van der Waals surface area (Å²) in [5, 5.41) is 0.132. The van der Waals surface area contributed by atoms with Gasteiger partial charge in [0.1, 0.15) is 0 Å². The van der Waals surface area contributed by atoms with Crippen LogP contribution in [-0.4, -0.2) is 9.79 Å². The van der Waals surface area contributed by atoms with Gasteiger partial charge < -0.3 is 9.79 Å². The summed E-state index contributed by atoms with van der Waals surface area (Å²) in [4.78, 5) is 19.2. The van der Waals surface area contributed by atoms with Crippen LogP contribution in [0.2, 0.25) is 0 Å². The number of hydrogen-bond donors (Lipinski definition) is 2. The molecule has 3 nitrogen and oxygen atoms in total. The van der Waals surface area contributed by atoms with E-state index in [-0.39, 0.29) is 5.30 Å². The normalized spacial score (nSPS) is 11.6. The molecule has 0 saturated carbocycles. The summed E-state index contributed by atoms with van der Waals surface area (Å²) in [6, 6.07) is 11.3. The van der Waals surface area contributed by atoms with Crippen molar-refractivity contribution in [2.45, 2.75) is 20.8 Å². The van der Waals surface area contributed by atoms with Crippen LogP contribution in [0.5, 0.6) is 0 Å². The zero-order chi connectivity index (χ0) is 14.2. The summed E-state index contributed by atoms with van der Waals surface area (Å²) >= 11 is 0. The fourth-order valence-corrected chi connectivity index (χ4v) is 3.45. The fourth-order valence-electron chi connectivity index (χ4n) is 2.43. The van der Waals surface area contributed by atoms with E-state index >= 15 is 0 Å². The maximum absolute atomic E-state index is 11.8. The lowest BCUT2D eigenvalue weighted by atomic mass is 9.97. The van der Waals surface area contributed by atoms with Gasteiger partial charge in [-0.05, 0) is 43.0 Å². The Morgan fingerprint density at radius 3 is 2.11 bits per heavy atom. The number of rotatable bonds is 2. The summed E-state index contributed by atoms with van der Waals surface area (Å²) in [6.07, 6.45) is 0. The maximum atomic E-state index is 11.8. The van der Waals surface area contributed by atoms with Crippen molar-refractivity contribution in [3.63, 3.8) is 0 Å². The first-order valence-electron chi connectivity index (χ1n) is 6.04. The van der Waals surface area contributed by atoms with Gasteiger partial charge in [0, 0.05) is 0 Å². The Labute approximate surface area is 113 Å². The first kappa shape index (κ1) is 14.0. The maximum Gasteiger partial charge on any atom is 0.357 e. The van der Waals surface area contributed by atoms with Crippen LogP contribution in [0.1, 0.15) is 16.7 Å². The third-order valence-electron chi connectivity index (χ3n) is 3.17. The molecule has 0 amide bonds. The molecule has 0 radical (unpaired) electrons. The molecule has 0 saturated heterocycles. The molecule has 2 aromatic carbocycles. The molecule has 0 spiro atoms. The van der Waals surface area contributed by atoms with Crippen molar-refractivity contribution in [3.8, 4) is 11.1 Å². The molecule has 0 fully saturated rings. The first-order chi connectivity index (χ1) is 8.80. The Morgan fingerprint density at radius 2 is 1.53 bits per heavy atom. The number of hydrogen-bond acceptors (Lipinski definition) is 1. The van der Waals surface area contributed by atoms with Crippen LogP contribution in [0.3, 0.4) is 0 Å². The summed E-state index contributed by atoms with van der Waals surface area (Å²) in [5.74, 6) is 0. The average molecular weight is 276 g/mol. The highest BCUT2D eigenvalue weighted by atomic mass is 31.2. The highest BCUT2D eigenvalue weighted by molar-refractivity contribution is 7.60. The summed E-state index contributed by atoms with van der Waals surface area (Å²) in [6.45, 7) is 5.61. The monoisotopic (exact) mass is 276 g/mol. The van der Waals surface area contributed by atoms with E-state index in [9.17, 15) is 14.4 Å². The van der Waals surface area contributed by atoms with Crippen molar-refractivity contribution in [3.05, 3.63) is 53.1 Å². The molecule has 0 aliphatic rings. The molecular formula is C15H17O3P. The molecule has 0 aliphatic carbocycles. The molecule has 0 unspecified atom stereocenters.